The maximum atomic E-state index is 14.1. The molecule has 6 rings (SSSR count). The Bertz CT molecular complexity index is 1350. The molecule has 32 heavy (non-hydrogen) atoms. The fourth-order valence-corrected chi connectivity index (χ4v) is 4.71. The van der Waals surface area contributed by atoms with Gasteiger partial charge in [-0.3, -0.25) is 19.8 Å². The maximum Gasteiger partial charge on any atom is 0.491 e. The van der Waals surface area contributed by atoms with Crippen molar-refractivity contribution in [1.82, 2.24) is 10.2 Å². The van der Waals surface area contributed by atoms with Crippen LogP contribution in [0.4, 0.5) is 18.9 Å². The SMILES string of the molecule is O=C1N(C(F)(F)F)c2cccc(-c3cc(=O)[nH][nH]3)c2C12COc1cc3c(cc12)OCCO3. The lowest BCUT2D eigenvalue weighted by Crippen LogP contribution is -2.48. The summed E-state index contributed by atoms with van der Waals surface area (Å²) in [6.07, 6.45) is -4.96. The van der Waals surface area contributed by atoms with E-state index in [1.54, 1.807) is 6.07 Å². The van der Waals surface area contributed by atoms with Crippen molar-refractivity contribution in [1.29, 1.82) is 0 Å². The number of benzene rings is 2. The molecule has 1 unspecified atom stereocenters. The van der Waals surface area contributed by atoms with E-state index in [9.17, 15) is 22.8 Å². The van der Waals surface area contributed by atoms with Crippen LogP contribution in [0.3, 0.4) is 0 Å². The second-order valence-corrected chi connectivity index (χ2v) is 7.67. The highest BCUT2D eigenvalue weighted by atomic mass is 19.4. The first-order valence-corrected chi connectivity index (χ1v) is 9.70. The Morgan fingerprint density at radius 3 is 2.38 bits per heavy atom. The number of anilines is 1. The van der Waals surface area contributed by atoms with Gasteiger partial charge in [-0.15, -0.1) is 13.2 Å². The predicted molar refractivity (Wildman–Crippen MR) is 104 cm³/mol. The molecule has 3 aliphatic heterocycles. The van der Waals surface area contributed by atoms with E-state index in [1.807, 2.05) is 0 Å². The molecule has 4 heterocycles. The van der Waals surface area contributed by atoms with Gasteiger partial charge in [0, 0.05) is 28.8 Å². The summed E-state index contributed by atoms with van der Waals surface area (Å²) in [5, 5.41) is 5.05. The van der Waals surface area contributed by atoms with Gasteiger partial charge in [-0.1, -0.05) is 12.1 Å². The van der Waals surface area contributed by atoms with Crippen LogP contribution < -0.4 is 24.7 Å². The number of aromatic nitrogens is 2. The van der Waals surface area contributed by atoms with Gasteiger partial charge in [-0.05, 0) is 12.1 Å². The van der Waals surface area contributed by atoms with Gasteiger partial charge in [0.2, 0.25) is 0 Å². The molecule has 0 radical (unpaired) electrons. The predicted octanol–water partition coefficient (Wildman–Crippen LogP) is 2.69. The van der Waals surface area contributed by atoms with Crippen molar-refractivity contribution in [3.05, 3.63) is 57.9 Å². The van der Waals surface area contributed by atoms with E-state index in [-0.39, 0.29) is 51.9 Å². The first kappa shape index (κ1) is 18.8. The van der Waals surface area contributed by atoms with Crippen LogP contribution in [0.2, 0.25) is 0 Å². The average molecular weight is 445 g/mol. The van der Waals surface area contributed by atoms with Gasteiger partial charge in [0.15, 0.2) is 11.5 Å². The van der Waals surface area contributed by atoms with Gasteiger partial charge in [-0.2, -0.15) is 0 Å². The highest BCUT2D eigenvalue weighted by Crippen LogP contribution is 2.58. The fourth-order valence-electron chi connectivity index (χ4n) is 4.71. The van der Waals surface area contributed by atoms with E-state index in [0.717, 1.165) is 0 Å². The highest BCUT2D eigenvalue weighted by molar-refractivity contribution is 6.14. The number of nitrogens with zero attached hydrogens (tertiary/aromatic N) is 1. The smallest absolute Gasteiger partial charge is 0.491 e. The number of hydrogen-bond acceptors (Lipinski definition) is 5. The Labute approximate surface area is 177 Å². The summed E-state index contributed by atoms with van der Waals surface area (Å²) in [7, 11) is 0. The zero-order valence-corrected chi connectivity index (χ0v) is 16.2. The van der Waals surface area contributed by atoms with Crippen LogP contribution in [0.15, 0.2) is 41.2 Å². The molecule has 0 fully saturated rings. The van der Waals surface area contributed by atoms with E-state index in [0.29, 0.717) is 18.1 Å². The minimum atomic E-state index is -4.96. The first-order valence-electron chi connectivity index (χ1n) is 9.70. The number of H-pyrrole nitrogens is 2. The maximum absolute atomic E-state index is 14.1. The van der Waals surface area contributed by atoms with Crippen LogP contribution >= 0.6 is 0 Å². The third-order valence-corrected chi connectivity index (χ3v) is 5.97. The van der Waals surface area contributed by atoms with Crippen molar-refractivity contribution in [2.45, 2.75) is 11.7 Å². The Morgan fingerprint density at radius 2 is 1.69 bits per heavy atom. The van der Waals surface area contributed by atoms with Crippen molar-refractivity contribution in [3.63, 3.8) is 0 Å². The molecule has 3 aromatic rings. The Kier molecular flexibility index (Phi) is 3.58. The molecule has 1 amide bonds. The zero-order valence-electron chi connectivity index (χ0n) is 16.2. The first-order chi connectivity index (χ1) is 15.3. The fraction of sp³-hybridized carbons (Fsp3) is 0.238. The summed E-state index contributed by atoms with van der Waals surface area (Å²) in [4.78, 5) is 25.1. The third kappa shape index (κ3) is 2.33. The molecule has 1 spiro atoms. The van der Waals surface area contributed by atoms with Crippen LogP contribution in [-0.4, -0.2) is 42.2 Å². The lowest BCUT2D eigenvalue weighted by molar-refractivity contribution is -0.151. The number of halogens is 3. The summed E-state index contributed by atoms with van der Waals surface area (Å²) in [6, 6.07) is 8.47. The van der Waals surface area contributed by atoms with E-state index >= 15 is 0 Å². The minimum absolute atomic E-state index is 0.105. The van der Waals surface area contributed by atoms with Gasteiger partial charge in [0.05, 0.1) is 11.4 Å². The van der Waals surface area contributed by atoms with Crippen LogP contribution in [0.25, 0.3) is 11.3 Å². The molecule has 2 aromatic carbocycles. The number of hydrogen-bond donors (Lipinski definition) is 2. The number of alkyl halides is 3. The Morgan fingerprint density at radius 1 is 0.938 bits per heavy atom. The summed E-state index contributed by atoms with van der Waals surface area (Å²) < 4.78 is 59.1. The normalized spacial score (nSPS) is 21.0. The Balaban J connectivity index is 1.67. The second-order valence-electron chi connectivity index (χ2n) is 7.67. The largest absolute Gasteiger partial charge is 0.491 e. The molecule has 0 bridgehead atoms. The van der Waals surface area contributed by atoms with Gasteiger partial charge >= 0.3 is 6.30 Å². The molecule has 164 valence electrons. The van der Waals surface area contributed by atoms with Crippen molar-refractivity contribution in [2.24, 2.45) is 0 Å². The average Bonchev–Trinajstić information content (AvgIpc) is 3.42. The summed E-state index contributed by atoms with van der Waals surface area (Å²) in [6.45, 7) is 0.259. The van der Waals surface area contributed by atoms with Crippen LogP contribution in [0, 0.1) is 0 Å². The molecular formula is C21H14F3N3O5. The monoisotopic (exact) mass is 445 g/mol. The van der Waals surface area contributed by atoms with E-state index in [1.165, 1.54) is 30.3 Å². The molecule has 3 aliphatic rings. The summed E-state index contributed by atoms with van der Waals surface area (Å²) in [5.41, 5.74) is -1.64. The highest BCUT2D eigenvalue weighted by Gasteiger charge is 2.63. The van der Waals surface area contributed by atoms with Gasteiger partial charge in [-0.25, -0.2) is 4.90 Å². The van der Waals surface area contributed by atoms with Crippen LogP contribution in [-0.2, 0) is 10.2 Å². The quantitative estimate of drug-likeness (QED) is 0.562. The molecule has 2 N–H and O–H groups in total. The number of nitrogens with one attached hydrogen (secondary N) is 2. The number of aromatic amines is 2. The Hall–Kier alpha value is -3.89. The number of carbonyl (C=O) groups excluding carboxylic acids is 1. The summed E-state index contributed by atoms with van der Waals surface area (Å²) >= 11 is 0. The lowest BCUT2D eigenvalue weighted by atomic mass is 9.74. The topological polar surface area (TPSA) is 96.7 Å². The standard InChI is InChI=1S/C21H14F3N3O5/c22-21(23,24)27-13-3-1-2-10(12-7-17(28)26-25-12)18(13)20(19(27)29)9-32-14-8-16-15(6-11(14)20)30-4-5-31-16/h1-3,6-8H,4-5,9H2,(H2,25,26,28). The van der Waals surface area contributed by atoms with Crippen molar-refractivity contribution in [3.8, 4) is 28.5 Å². The lowest BCUT2D eigenvalue weighted by Gasteiger charge is -2.26. The molecule has 0 saturated heterocycles. The van der Waals surface area contributed by atoms with Crippen molar-refractivity contribution in [2.75, 3.05) is 24.7 Å². The van der Waals surface area contributed by atoms with Gasteiger partial charge < -0.3 is 14.2 Å². The summed E-state index contributed by atoms with van der Waals surface area (Å²) in [5.74, 6) is -0.212. The second kappa shape index (κ2) is 6.09. The molecule has 11 heteroatoms. The van der Waals surface area contributed by atoms with Crippen molar-refractivity contribution >= 4 is 11.6 Å². The van der Waals surface area contributed by atoms with Gasteiger partial charge in [0.25, 0.3) is 11.5 Å². The van der Waals surface area contributed by atoms with E-state index in [2.05, 4.69) is 10.2 Å². The van der Waals surface area contributed by atoms with Crippen LogP contribution in [0.1, 0.15) is 11.1 Å². The molecular weight excluding hydrogens is 431 g/mol. The number of fused-ring (bicyclic) bond motifs is 5. The molecule has 8 nitrogen and oxygen atoms in total. The van der Waals surface area contributed by atoms with Gasteiger partial charge in [0.1, 0.15) is 31.0 Å². The number of amides is 1. The van der Waals surface area contributed by atoms with E-state index < -0.39 is 23.2 Å². The molecule has 1 aromatic heterocycles. The van der Waals surface area contributed by atoms with E-state index in [4.69, 9.17) is 14.2 Å². The third-order valence-electron chi connectivity index (χ3n) is 5.97. The number of carbonyl (C=O) groups is 1. The minimum Gasteiger partial charge on any atom is -0.491 e. The number of ether oxygens (including phenoxy) is 3. The van der Waals surface area contributed by atoms with Crippen molar-refractivity contribution < 1.29 is 32.2 Å². The molecule has 0 saturated carbocycles. The molecule has 0 aliphatic carbocycles. The zero-order chi connectivity index (χ0) is 22.3. The van der Waals surface area contributed by atoms with Crippen LogP contribution in [0.5, 0.6) is 17.2 Å². The molecule has 1 atom stereocenters. The number of rotatable bonds is 1.